The van der Waals surface area contributed by atoms with Crippen LogP contribution in [-0.2, 0) is 11.2 Å². The molecule has 1 atom stereocenters. The molecule has 3 nitrogen and oxygen atoms in total. The second kappa shape index (κ2) is 4.73. The van der Waals surface area contributed by atoms with Gasteiger partial charge in [0.25, 0.3) is 0 Å². The molecule has 1 unspecified atom stereocenters. The lowest BCUT2D eigenvalue weighted by Crippen LogP contribution is -2.34. The number of carboxylic acids is 1. The Kier molecular flexibility index (Phi) is 3.61. The summed E-state index contributed by atoms with van der Waals surface area (Å²) in [6, 6.07) is 9.42. The van der Waals surface area contributed by atoms with Crippen molar-refractivity contribution in [1.82, 2.24) is 0 Å². The lowest BCUT2D eigenvalue weighted by Gasteiger charge is -2.22. The summed E-state index contributed by atoms with van der Waals surface area (Å²) in [5, 5.41) is 16.4. The minimum Gasteiger partial charge on any atom is -0.481 e. The molecule has 2 N–H and O–H groups in total. The summed E-state index contributed by atoms with van der Waals surface area (Å²) in [5.41, 5.74) is -0.105. The van der Waals surface area contributed by atoms with Crippen molar-refractivity contribution in [3.05, 3.63) is 35.9 Å². The SMILES string of the molecule is CCC(C=N)(Cc1ccccc1)C(=O)O. The van der Waals surface area contributed by atoms with Gasteiger partial charge in [0.05, 0.1) is 0 Å². The summed E-state index contributed by atoms with van der Waals surface area (Å²) in [5.74, 6) is -0.927. The highest BCUT2D eigenvalue weighted by molar-refractivity contribution is 5.93. The van der Waals surface area contributed by atoms with Crippen LogP contribution in [0.1, 0.15) is 18.9 Å². The minimum absolute atomic E-state index is 0.378. The van der Waals surface area contributed by atoms with E-state index in [9.17, 15) is 4.79 Å². The van der Waals surface area contributed by atoms with Crippen molar-refractivity contribution in [3.8, 4) is 0 Å². The van der Waals surface area contributed by atoms with Crippen LogP contribution in [0.15, 0.2) is 30.3 Å². The fraction of sp³-hybridized carbons (Fsp3) is 0.333. The standard InChI is InChI=1S/C12H15NO2/c1-2-12(9-13,11(14)15)8-10-6-4-3-5-7-10/h3-7,9,13H,2,8H2,1H3,(H,14,15). The van der Waals surface area contributed by atoms with Crippen LogP contribution in [0.5, 0.6) is 0 Å². The zero-order valence-corrected chi connectivity index (χ0v) is 8.73. The van der Waals surface area contributed by atoms with Gasteiger partial charge in [0.1, 0.15) is 5.41 Å². The molecular weight excluding hydrogens is 190 g/mol. The van der Waals surface area contributed by atoms with Crippen LogP contribution >= 0.6 is 0 Å². The molecule has 1 aromatic carbocycles. The normalized spacial score (nSPS) is 14.2. The average molecular weight is 205 g/mol. The van der Waals surface area contributed by atoms with Crippen molar-refractivity contribution in [3.63, 3.8) is 0 Å². The molecule has 0 aliphatic rings. The summed E-state index contributed by atoms with van der Waals surface area (Å²) in [4.78, 5) is 11.1. The summed E-state index contributed by atoms with van der Waals surface area (Å²) in [6.07, 6.45) is 1.85. The Labute approximate surface area is 89.3 Å². The first-order valence-electron chi connectivity index (χ1n) is 4.93. The molecule has 3 heteroatoms. The fourth-order valence-corrected chi connectivity index (χ4v) is 1.53. The van der Waals surface area contributed by atoms with Crippen LogP contribution < -0.4 is 0 Å². The zero-order valence-electron chi connectivity index (χ0n) is 8.73. The van der Waals surface area contributed by atoms with Gasteiger partial charge in [0, 0.05) is 6.21 Å². The van der Waals surface area contributed by atoms with Crippen molar-refractivity contribution < 1.29 is 9.90 Å². The van der Waals surface area contributed by atoms with Crippen molar-refractivity contribution in [2.45, 2.75) is 19.8 Å². The van der Waals surface area contributed by atoms with Gasteiger partial charge in [-0.2, -0.15) is 0 Å². The van der Waals surface area contributed by atoms with Crippen molar-refractivity contribution >= 4 is 12.2 Å². The monoisotopic (exact) mass is 205 g/mol. The van der Waals surface area contributed by atoms with Crippen LogP contribution in [0.25, 0.3) is 0 Å². The van der Waals surface area contributed by atoms with Crippen LogP contribution in [0.3, 0.4) is 0 Å². The van der Waals surface area contributed by atoms with Gasteiger partial charge >= 0.3 is 5.97 Å². The maximum Gasteiger partial charge on any atom is 0.315 e. The number of carbonyl (C=O) groups is 1. The van der Waals surface area contributed by atoms with Crippen molar-refractivity contribution in [2.75, 3.05) is 0 Å². The van der Waals surface area contributed by atoms with Gasteiger partial charge < -0.3 is 10.5 Å². The molecule has 0 amide bonds. The zero-order chi connectivity index (χ0) is 11.3. The van der Waals surface area contributed by atoms with E-state index < -0.39 is 11.4 Å². The van der Waals surface area contributed by atoms with Gasteiger partial charge in [-0.05, 0) is 18.4 Å². The molecule has 0 aliphatic carbocycles. The van der Waals surface area contributed by atoms with E-state index in [2.05, 4.69) is 0 Å². The number of hydrogen-bond donors (Lipinski definition) is 2. The lowest BCUT2D eigenvalue weighted by atomic mass is 9.80. The molecule has 0 heterocycles. The smallest absolute Gasteiger partial charge is 0.315 e. The number of rotatable bonds is 5. The van der Waals surface area contributed by atoms with E-state index in [-0.39, 0.29) is 0 Å². The predicted octanol–water partition coefficient (Wildman–Crippen LogP) is 2.36. The largest absolute Gasteiger partial charge is 0.481 e. The van der Waals surface area contributed by atoms with E-state index in [0.29, 0.717) is 12.8 Å². The number of hydrogen-bond acceptors (Lipinski definition) is 2. The Hall–Kier alpha value is -1.64. The fourth-order valence-electron chi connectivity index (χ4n) is 1.53. The van der Waals surface area contributed by atoms with Gasteiger partial charge in [0.15, 0.2) is 0 Å². The number of carboxylic acid groups (broad SMARTS) is 1. The maximum absolute atomic E-state index is 11.1. The van der Waals surface area contributed by atoms with Crippen LogP contribution in [0, 0.1) is 10.8 Å². The van der Waals surface area contributed by atoms with Crippen LogP contribution in [-0.4, -0.2) is 17.3 Å². The predicted molar refractivity (Wildman–Crippen MR) is 59.3 cm³/mol. The molecule has 0 radical (unpaired) electrons. The highest BCUT2D eigenvalue weighted by atomic mass is 16.4. The molecule has 1 rings (SSSR count). The van der Waals surface area contributed by atoms with E-state index in [1.807, 2.05) is 30.3 Å². The Morgan fingerprint density at radius 1 is 1.47 bits per heavy atom. The Balaban J connectivity index is 2.94. The summed E-state index contributed by atoms with van der Waals surface area (Å²) in [7, 11) is 0. The van der Waals surface area contributed by atoms with Crippen molar-refractivity contribution in [1.29, 1.82) is 5.41 Å². The van der Waals surface area contributed by atoms with Gasteiger partial charge in [-0.3, -0.25) is 4.79 Å². The first kappa shape index (κ1) is 11.4. The summed E-state index contributed by atoms with van der Waals surface area (Å²) in [6.45, 7) is 1.79. The van der Waals surface area contributed by atoms with Crippen molar-refractivity contribution in [2.24, 2.45) is 5.41 Å². The van der Waals surface area contributed by atoms with E-state index in [0.717, 1.165) is 11.8 Å². The molecule has 0 bridgehead atoms. The molecule has 80 valence electrons. The molecule has 0 saturated heterocycles. The highest BCUT2D eigenvalue weighted by Crippen LogP contribution is 2.25. The number of benzene rings is 1. The summed E-state index contributed by atoms with van der Waals surface area (Å²) < 4.78 is 0. The third kappa shape index (κ3) is 2.43. The molecule has 0 saturated carbocycles. The quantitative estimate of drug-likeness (QED) is 0.725. The number of aliphatic carboxylic acids is 1. The van der Waals surface area contributed by atoms with E-state index in [1.54, 1.807) is 6.92 Å². The molecular formula is C12H15NO2. The second-order valence-electron chi connectivity index (χ2n) is 3.62. The van der Waals surface area contributed by atoms with Gasteiger partial charge in [-0.15, -0.1) is 0 Å². The first-order valence-corrected chi connectivity index (χ1v) is 4.93. The molecule has 0 aliphatic heterocycles. The molecule has 1 aromatic rings. The third-order valence-corrected chi connectivity index (χ3v) is 2.70. The first-order chi connectivity index (χ1) is 7.14. The lowest BCUT2D eigenvalue weighted by molar-refractivity contribution is -0.144. The summed E-state index contributed by atoms with van der Waals surface area (Å²) >= 11 is 0. The van der Waals surface area contributed by atoms with E-state index in [1.165, 1.54) is 0 Å². The molecule has 0 spiro atoms. The Morgan fingerprint density at radius 2 is 2.07 bits per heavy atom. The van der Waals surface area contributed by atoms with E-state index in [4.69, 9.17) is 10.5 Å². The molecule has 0 aromatic heterocycles. The van der Waals surface area contributed by atoms with Gasteiger partial charge in [-0.25, -0.2) is 0 Å². The minimum atomic E-state index is -1.05. The highest BCUT2D eigenvalue weighted by Gasteiger charge is 2.34. The van der Waals surface area contributed by atoms with E-state index >= 15 is 0 Å². The molecule has 0 fully saturated rings. The van der Waals surface area contributed by atoms with Crippen LogP contribution in [0.2, 0.25) is 0 Å². The Bertz CT molecular complexity index is 348. The second-order valence-corrected chi connectivity index (χ2v) is 3.62. The van der Waals surface area contributed by atoms with Gasteiger partial charge in [0.2, 0.25) is 0 Å². The molecule has 15 heavy (non-hydrogen) atoms. The third-order valence-electron chi connectivity index (χ3n) is 2.70. The topological polar surface area (TPSA) is 61.2 Å². The average Bonchev–Trinajstić information content (AvgIpc) is 2.27. The maximum atomic E-state index is 11.1. The number of nitrogens with one attached hydrogen (secondary N) is 1. The van der Waals surface area contributed by atoms with Crippen LogP contribution in [0.4, 0.5) is 0 Å². The van der Waals surface area contributed by atoms with Gasteiger partial charge in [-0.1, -0.05) is 37.3 Å². The Morgan fingerprint density at radius 3 is 2.47 bits per heavy atom.